The molecule has 1 N–H and O–H groups in total. The van der Waals surface area contributed by atoms with Crippen molar-refractivity contribution in [3.63, 3.8) is 0 Å². The number of pyridine rings is 1. The van der Waals surface area contributed by atoms with E-state index in [1.54, 1.807) is 12.5 Å². The molecular formula is C17H21N3O2. The van der Waals surface area contributed by atoms with Gasteiger partial charge in [0.05, 0.1) is 12.5 Å². The molecule has 1 amide bonds. The van der Waals surface area contributed by atoms with Crippen LogP contribution in [-0.2, 0) is 0 Å². The lowest BCUT2D eigenvalue weighted by atomic mass is 9.99. The molecule has 3 atom stereocenters. The molecule has 2 aliphatic heterocycles. The Bertz CT molecular complexity index is 722. The summed E-state index contributed by atoms with van der Waals surface area (Å²) in [7, 11) is 0. The molecule has 4 rings (SSSR count). The van der Waals surface area contributed by atoms with Crippen LogP contribution in [0, 0.1) is 5.92 Å². The third-order valence-electron chi connectivity index (χ3n) is 5.00. The molecule has 0 aromatic carbocycles. The van der Waals surface area contributed by atoms with Crippen molar-refractivity contribution in [2.45, 2.75) is 32.2 Å². The summed E-state index contributed by atoms with van der Waals surface area (Å²) >= 11 is 0. The minimum absolute atomic E-state index is 0.0726. The van der Waals surface area contributed by atoms with E-state index in [1.165, 1.54) is 13.0 Å². The largest absolute Gasteiger partial charge is 0.462 e. The predicted molar refractivity (Wildman–Crippen MR) is 83.9 cm³/mol. The smallest absolute Gasteiger partial charge is 0.270 e. The van der Waals surface area contributed by atoms with Gasteiger partial charge in [-0.05, 0) is 30.9 Å². The second-order valence-corrected chi connectivity index (χ2v) is 6.80. The first kappa shape index (κ1) is 13.8. The Hall–Kier alpha value is -1.88. The highest BCUT2D eigenvalue weighted by Crippen LogP contribution is 2.29. The first-order chi connectivity index (χ1) is 10.6. The maximum atomic E-state index is 12.5. The lowest BCUT2D eigenvalue weighted by molar-refractivity contribution is 0.0919. The van der Waals surface area contributed by atoms with E-state index in [-0.39, 0.29) is 11.9 Å². The van der Waals surface area contributed by atoms with Gasteiger partial charge in [-0.3, -0.25) is 4.79 Å². The number of hydrogen-bond donors (Lipinski definition) is 1. The Balaban J connectivity index is 1.57. The van der Waals surface area contributed by atoms with Crippen molar-refractivity contribution in [1.29, 1.82) is 0 Å². The van der Waals surface area contributed by atoms with Crippen molar-refractivity contribution in [3.8, 4) is 0 Å². The van der Waals surface area contributed by atoms with Crippen LogP contribution < -0.4 is 5.32 Å². The Morgan fingerprint density at radius 2 is 2.32 bits per heavy atom. The van der Waals surface area contributed by atoms with Gasteiger partial charge in [0.15, 0.2) is 5.58 Å². The molecular weight excluding hydrogens is 278 g/mol. The highest BCUT2D eigenvalue weighted by molar-refractivity contribution is 5.96. The molecule has 5 heteroatoms. The fraction of sp³-hybridized carbons (Fsp3) is 0.529. The van der Waals surface area contributed by atoms with Crippen LogP contribution in [0.25, 0.3) is 11.0 Å². The third-order valence-corrected chi connectivity index (χ3v) is 5.00. The van der Waals surface area contributed by atoms with Crippen LogP contribution in [0.5, 0.6) is 0 Å². The van der Waals surface area contributed by atoms with Crippen LogP contribution in [0.3, 0.4) is 0 Å². The van der Waals surface area contributed by atoms with Crippen LogP contribution in [0.4, 0.5) is 0 Å². The maximum Gasteiger partial charge on any atom is 0.270 e. The van der Waals surface area contributed by atoms with Gasteiger partial charge in [-0.25, -0.2) is 4.98 Å². The lowest BCUT2D eigenvalue weighted by Crippen LogP contribution is -2.43. The molecule has 0 spiro atoms. The number of carbonyl (C=O) groups excluding carboxylic acids is 1. The summed E-state index contributed by atoms with van der Waals surface area (Å²) in [6.07, 6.45) is 4.61. The third kappa shape index (κ3) is 2.20. The highest BCUT2D eigenvalue weighted by atomic mass is 16.3. The second kappa shape index (κ2) is 5.09. The Labute approximate surface area is 129 Å². The van der Waals surface area contributed by atoms with Crippen molar-refractivity contribution in [2.24, 2.45) is 5.92 Å². The molecule has 2 fully saturated rings. The van der Waals surface area contributed by atoms with Crippen LogP contribution in [0.15, 0.2) is 22.9 Å². The first-order valence-electron chi connectivity index (χ1n) is 8.02. The SMILES string of the molecule is CC(C)c1coc2cnc(C(=O)N[C@@H]3CN4CCC3C4)cc12. The number of carbonyl (C=O) groups is 1. The predicted octanol–water partition coefficient (Wildman–Crippen LogP) is 2.39. The summed E-state index contributed by atoms with van der Waals surface area (Å²) in [5.74, 6) is 0.891. The maximum absolute atomic E-state index is 12.5. The average molecular weight is 299 g/mol. The van der Waals surface area contributed by atoms with Crippen molar-refractivity contribution in [1.82, 2.24) is 15.2 Å². The quantitative estimate of drug-likeness (QED) is 0.945. The number of rotatable bonds is 3. The summed E-state index contributed by atoms with van der Waals surface area (Å²) in [6.45, 7) is 7.51. The van der Waals surface area contributed by atoms with E-state index >= 15 is 0 Å². The van der Waals surface area contributed by atoms with E-state index in [4.69, 9.17) is 4.42 Å². The molecule has 116 valence electrons. The van der Waals surface area contributed by atoms with Gasteiger partial charge in [0.25, 0.3) is 5.91 Å². The molecule has 2 bridgehead atoms. The molecule has 2 aliphatic rings. The van der Waals surface area contributed by atoms with Gasteiger partial charge < -0.3 is 14.6 Å². The summed E-state index contributed by atoms with van der Waals surface area (Å²) in [5, 5.41) is 4.15. The number of piperidine rings is 1. The Morgan fingerprint density at radius 3 is 3.00 bits per heavy atom. The topological polar surface area (TPSA) is 58.4 Å². The average Bonchev–Trinajstić information content (AvgIpc) is 3.20. The zero-order chi connectivity index (χ0) is 15.3. The van der Waals surface area contributed by atoms with E-state index in [1.807, 2.05) is 6.07 Å². The number of fused-ring (bicyclic) bond motifs is 3. The van der Waals surface area contributed by atoms with Gasteiger partial charge in [-0.15, -0.1) is 0 Å². The number of furan rings is 1. The van der Waals surface area contributed by atoms with Gasteiger partial charge in [-0.1, -0.05) is 13.8 Å². The molecule has 2 aromatic rings. The molecule has 4 heterocycles. The molecule has 0 saturated carbocycles. The van der Waals surface area contributed by atoms with Gasteiger partial charge in [0.2, 0.25) is 0 Å². The molecule has 2 aromatic heterocycles. The summed E-state index contributed by atoms with van der Waals surface area (Å²) in [5.41, 5.74) is 2.34. The molecule has 2 saturated heterocycles. The minimum atomic E-state index is -0.0726. The summed E-state index contributed by atoms with van der Waals surface area (Å²) in [6, 6.07) is 2.13. The second-order valence-electron chi connectivity index (χ2n) is 6.80. The van der Waals surface area contributed by atoms with Gasteiger partial charge in [0, 0.05) is 30.1 Å². The fourth-order valence-corrected chi connectivity index (χ4v) is 3.71. The zero-order valence-electron chi connectivity index (χ0n) is 13.0. The van der Waals surface area contributed by atoms with Gasteiger partial charge >= 0.3 is 0 Å². The minimum Gasteiger partial charge on any atom is -0.462 e. The zero-order valence-corrected chi connectivity index (χ0v) is 13.0. The van der Waals surface area contributed by atoms with E-state index in [9.17, 15) is 4.79 Å². The lowest BCUT2D eigenvalue weighted by Gasteiger charge is -2.22. The van der Waals surface area contributed by atoms with E-state index in [2.05, 4.69) is 29.0 Å². The van der Waals surface area contributed by atoms with Crippen molar-refractivity contribution in [2.75, 3.05) is 19.6 Å². The number of nitrogens with one attached hydrogen (secondary N) is 1. The number of hydrogen-bond acceptors (Lipinski definition) is 4. The van der Waals surface area contributed by atoms with E-state index in [0.29, 0.717) is 17.5 Å². The van der Waals surface area contributed by atoms with Crippen LogP contribution in [0.2, 0.25) is 0 Å². The van der Waals surface area contributed by atoms with Crippen molar-refractivity contribution >= 4 is 16.9 Å². The number of aromatic nitrogens is 1. The Kier molecular flexibility index (Phi) is 3.18. The normalized spacial score (nSPS) is 27.0. The van der Waals surface area contributed by atoms with E-state index in [0.717, 1.165) is 29.6 Å². The summed E-state index contributed by atoms with van der Waals surface area (Å²) < 4.78 is 5.52. The standard InChI is InChI=1S/C17H21N3O2/c1-10(2)13-9-22-16-6-18-14(5-12(13)16)17(21)19-15-8-20-4-3-11(15)7-20/h5-6,9-11,15H,3-4,7-8H2,1-2H3,(H,19,21)/t11?,15-/m1/s1. The van der Waals surface area contributed by atoms with Gasteiger partial charge in [0.1, 0.15) is 5.69 Å². The summed E-state index contributed by atoms with van der Waals surface area (Å²) in [4.78, 5) is 19.2. The number of nitrogens with zero attached hydrogens (tertiary/aromatic N) is 2. The number of amides is 1. The molecule has 0 aliphatic carbocycles. The van der Waals surface area contributed by atoms with Crippen LogP contribution in [-0.4, -0.2) is 41.5 Å². The molecule has 2 unspecified atom stereocenters. The van der Waals surface area contributed by atoms with Crippen LogP contribution in [0.1, 0.15) is 42.2 Å². The first-order valence-corrected chi connectivity index (χ1v) is 8.02. The fourth-order valence-electron chi connectivity index (χ4n) is 3.71. The molecule has 5 nitrogen and oxygen atoms in total. The molecule has 22 heavy (non-hydrogen) atoms. The van der Waals surface area contributed by atoms with E-state index < -0.39 is 0 Å². The Morgan fingerprint density at radius 1 is 1.45 bits per heavy atom. The van der Waals surface area contributed by atoms with Gasteiger partial charge in [-0.2, -0.15) is 0 Å². The van der Waals surface area contributed by atoms with Crippen LogP contribution >= 0.6 is 0 Å². The van der Waals surface area contributed by atoms with Crippen molar-refractivity contribution in [3.05, 3.63) is 29.8 Å². The molecule has 0 radical (unpaired) electrons. The van der Waals surface area contributed by atoms with Crippen molar-refractivity contribution < 1.29 is 9.21 Å². The monoisotopic (exact) mass is 299 g/mol. The highest BCUT2D eigenvalue weighted by Gasteiger charge is 2.38.